The zero-order chi connectivity index (χ0) is 27.8. The molecule has 38 heavy (non-hydrogen) atoms. The molecular weight excluding hydrogens is 492 g/mol. The predicted molar refractivity (Wildman–Crippen MR) is 132 cm³/mol. The van der Waals surface area contributed by atoms with Crippen LogP contribution in [0.15, 0.2) is 23.0 Å². The van der Waals surface area contributed by atoms with Gasteiger partial charge in [0.1, 0.15) is 18.0 Å². The van der Waals surface area contributed by atoms with Crippen molar-refractivity contribution in [3.63, 3.8) is 0 Å². The summed E-state index contributed by atoms with van der Waals surface area (Å²) in [5.74, 6) is -2.71. The molecule has 6 rings (SSSR count). The first-order valence-electron chi connectivity index (χ1n) is 13.4. The number of rotatable bonds is 4. The van der Waals surface area contributed by atoms with Gasteiger partial charge in [0, 0.05) is 53.4 Å². The summed E-state index contributed by atoms with van der Waals surface area (Å²) in [6, 6.07) is 1.78. The Bertz CT molecular complexity index is 1150. The van der Waals surface area contributed by atoms with Crippen molar-refractivity contribution in [2.24, 2.45) is 34.0 Å². The fourth-order valence-corrected chi connectivity index (χ4v) is 8.62. The van der Waals surface area contributed by atoms with Gasteiger partial charge in [-0.2, -0.15) is 0 Å². The van der Waals surface area contributed by atoms with Crippen LogP contribution in [-0.4, -0.2) is 48.6 Å². The van der Waals surface area contributed by atoms with Crippen LogP contribution in [0.4, 0.5) is 0 Å². The van der Waals surface area contributed by atoms with Gasteiger partial charge in [0.25, 0.3) is 0 Å². The zero-order valence-electron chi connectivity index (χ0n) is 23.2. The Hall–Kier alpha value is -2.68. The molecule has 2 bridgehead atoms. The third-order valence-electron chi connectivity index (χ3n) is 10.8. The molecule has 5 aliphatic rings. The molecule has 0 amide bonds. The summed E-state index contributed by atoms with van der Waals surface area (Å²) in [5, 5.41) is 0. The van der Waals surface area contributed by atoms with E-state index in [4.69, 9.17) is 23.4 Å². The second-order valence-corrected chi connectivity index (χ2v) is 12.8. The summed E-state index contributed by atoms with van der Waals surface area (Å²) < 4.78 is 29.4. The van der Waals surface area contributed by atoms with E-state index in [0.717, 1.165) is 0 Å². The lowest BCUT2D eigenvalue weighted by molar-refractivity contribution is -0.270. The Kier molecular flexibility index (Phi) is 6.13. The topological polar surface area (TPSA) is 118 Å². The number of esters is 3. The van der Waals surface area contributed by atoms with Crippen molar-refractivity contribution in [3.8, 4) is 0 Å². The van der Waals surface area contributed by atoms with E-state index in [2.05, 4.69) is 0 Å². The lowest BCUT2D eigenvalue weighted by atomic mass is 9.44. The maximum Gasteiger partial charge on any atom is 0.309 e. The Balaban J connectivity index is 1.72. The molecular formula is C29H38O9. The number of methoxy groups -OCH3 is 1. The van der Waals surface area contributed by atoms with Crippen LogP contribution in [-0.2, 0) is 38.1 Å². The molecule has 1 spiro atoms. The maximum atomic E-state index is 14.3. The van der Waals surface area contributed by atoms with Crippen LogP contribution in [0.2, 0.25) is 0 Å². The number of Topliss-reactive ketones (excluding diaryl/α,β-unsaturated/α-hetero) is 1. The number of carbonyl (C=O) groups excluding carboxylic acids is 4. The fraction of sp³-hybridized carbons (Fsp3) is 0.724. The molecule has 0 radical (unpaired) electrons. The fourth-order valence-electron chi connectivity index (χ4n) is 8.62. The Morgan fingerprint density at radius 1 is 1.16 bits per heavy atom. The van der Waals surface area contributed by atoms with E-state index in [9.17, 15) is 19.2 Å². The number of ketones is 1. The van der Waals surface area contributed by atoms with Gasteiger partial charge in [-0.05, 0) is 18.4 Å². The SMILES string of the molecule is COC(=O)C[C@H]1C(C)(C)[C@H](OC(C)=O)C[C@@H]2O[C@]34CC(=O)O[C@@H](c5ccoc5)[C@]3(C)C[C@@H](C(=O)[C@@H]4C)[C@@]21C. The molecule has 5 fully saturated rings. The van der Waals surface area contributed by atoms with Gasteiger partial charge in [-0.1, -0.05) is 34.6 Å². The quantitative estimate of drug-likeness (QED) is 0.417. The van der Waals surface area contributed by atoms with Crippen LogP contribution in [0, 0.1) is 34.0 Å². The van der Waals surface area contributed by atoms with Gasteiger partial charge >= 0.3 is 17.9 Å². The second-order valence-electron chi connectivity index (χ2n) is 12.8. The highest BCUT2D eigenvalue weighted by molar-refractivity contribution is 5.89. The molecule has 3 saturated heterocycles. The van der Waals surface area contributed by atoms with Crippen LogP contribution < -0.4 is 0 Å². The Labute approximate surface area is 222 Å². The largest absolute Gasteiger partial charge is 0.472 e. The van der Waals surface area contributed by atoms with Gasteiger partial charge in [0.05, 0.1) is 37.8 Å². The van der Waals surface area contributed by atoms with E-state index >= 15 is 0 Å². The standard InChI is InChI=1S/C29H38O9/c1-15-24(33)18-12-27(5)25(17-8-9-35-14-17)37-23(32)13-29(15,27)38-21-11-20(36-16(2)30)26(3,4)19(28(18,21)6)10-22(31)34-7/h8-9,14-15,18-21,25H,10-13H2,1-7H3/t15-,18-,19-,20+,21-,25-,27-,28+,29-/m0/s1. The highest BCUT2D eigenvalue weighted by atomic mass is 16.6. The summed E-state index contributed by atoms with van der Waals surface area (Å²) >= 11 is 0. The van der Waals surface area contributed by atoms with Crippen LogP contribution in [0.1, 0.15) is 78.9 Å². The lowest BCUT2D eigenvalue weighted by Crippen LogP contribution is -2.65. The molecule has 208 valence electrons. The monoisotopic (exact) mass is 530 g/mol. The normalized spacial score (nSPS) is 43.3. The summed E-state index contributed by atoms with van der Waals surface area (Å²) in [4.78, 5) is 52.4. The van der Waals surface area contributed by atoms with E-state index in [0.29, 0.717) is 18.4 Å². The number of ether oxygens (including phenoxy) is 4. The van der Waals surface area contributed by atoms with Crippen LogP contribution in [0.3, 0.4) is 0 Å². The van der Waals surface area contributed by atoms with E-state index < -0.39 is 75.8 Å². The van der Waals surface area contributed by atoms with Gasteiger partial charge in [-0.15, -0.1) is 0 Å². The number of fused-ring (bicyclic) bond motifs is 1. The molecule has 2 saturated carbocycles. The van der Waals surface area contributed by atoms with Crippen molar-refractivity contribution in [2.45, 2.75) is 91.1 Å². The van der Waals surface area contributed by atoms with Gasteiger partial charge in [-0.3, -0.25) is 19.2 Å². The van der Waals surface area contributed by atoms with E-state index in [1.807, 2.05) is 34.6 Å². The van der Waals surface area contributed by atoms with E-state index in [1.54, 1.807) is 12.3 Å². The molecule has 3 aliphatic heterocycles. The first-order valence-corrected chi connectivity index (χ1v) is 13.4. The van der Waals surface area contributed by atoms with E-state index in [-0.39, 0.29) is 18.6 Å². The van der Waals surface area contributed by atoms with Gasteiger partial charge in [0.2, 0.25) is 0 Å². The number of furan rings is 1. The number of hydrogen-bond donors (Lipinski definition) is 0. The number of carbonyl (C=O) groups is 4. The summed E-state index contributed by atoms with van der Waals surface area (Å²) in [6.07, 6.45) is 2.08. The van der Waals surface area contributed by atoms with Crippen molar-refractivity contribution in [2.75, 3.05) is 7.11 Å². The minimum Gasteiger partial charge on any atom is -0.472 e. The number of cyclic esters (lactones) is 1. The minimum absolute atomic E-state index is 0.0321. The average Bonchev–Trinajstić information content (AvgIpc) is 3.34. The highest BCUT2D eigenvalue weighted by Crippen LogP contribution is 2.71. The van der Waals surface area contributed by atoms with Crippen molar-refractivity contribution in [3.05, 3.63) is 24.2 Å². The molecule has 0 aromatic carbocycles. The Morgan fingerprint density at radius 2 is 1.87 bits per heavy atom. The smallest absolute Gasteiger partial charge is 0.309 e. The van der Waals surface area contributed by atoms with Crippen LogP contribution >= 0.6 is 0 Å². The van der Waals surface area contributed by atoms with Crippen molar-refractivity contribution in [1.29, 1.82) is 0 Å². The molecule has 4 heterocycles. The van der Waals surface area contributed by atoms with Crippen molar-refractivity contribution in [1.82, 2.24) is 0 Å². The molecule has 9 nitrogen and oxygen atoms in total. The third kappa shape index (κ3) is 3.46. The zero-order valence-corrected chi connectivity index (χ0v) is 23.2. The van der Waals surface area contributed by atoms with Crippen molar-refractivity contribution < 1.29 is 42.5 Å². The third-order valence-corrected chi connectivity index (χ3v) is 10.8. The first-order chi connectivity index (χ1) is 17.7. The molecule has 2 aliphatic carbocycles. The summed E-state index contributed by atoms with van der Waals surface area (Å²) in [5.41, 5.74) is -2.64. The molecule has 1 aromatic heterocycles. The van der Waals surface area contributed by atoms with Gasteiger partial charge < -0.3 is 23.4 Å². The average molecular weight is 531 g/mol. The maximum absolute atomic E-state index is 14.3. The van der Waals surface area contributed by atoms with Gasteiger partial charge in [-0.25, -0.2) is 0 Å². The van der Waals surface area contributed by atoms with Crippen molar-refractivity contribution >= 4 is 23.7 Å². The molecule has 0 unspecified atom stereocenters. The Morgan fingerprint density at radius 3 is 2.47 bits per heavy atom. The predicted octanol–water partition coefficient (Wildman–Crippen LogP) is 4.18. The van der Waals surface area contributed by atoms with Gasteiger partial charge in [0.15, 0.2) is 0 Å². The summed E-state index contributed by atoms with van der Waals surface area (Å²) in [6.45, 7) is 11.2. The lowest BCUT2D eigenvalue weighted by Gasteiger charge is -2.59. The molecule has 0 N–H and O–H groups in total. The summed E-state index contributed by atoms with van der Waals surface area (Å²) in [7, 11) is 1.34. The highest BCUT2D eigenvalue weighted by Gasteiger charge is 2.76. The second kappa shape index (κ2) is 8.66. The van der Waals surface area contributed by atoms with Crippen LogP contribution in [0.5, 0.6) is 0 Å². The van der Waals surface area contributed by atoms with Crippen LogP contribution in [0.25, 0.3) is 0 Å². The van der Waals surface area contributed by atoms with E-state index in [1.165, 1.54) is 20.3 Å². The number of hydrogen-bond acceptors (Lipinski definition) is 9. The molecule has 1 aromatic rings. The molecule has 9 atom stereocenters. The molecule has 9 heteroatoms. The minimum atomic E-state index is -1.14. The first kappa shape index (κ1) is 26.9.